The van der Waals surface area contributed by atoms with Crippen molar-refractivity contribution in [3.8, 4) is 0 Å². The van der Waals surface area contributed by atoms with Crippen LogP contribution in [-0.4, -0.2) is 27.7 Å². The van der Waals surface area contributed by atoms with Crippen LogP contribution in [0.3, 0.4) is 0 Å². The topological polar surface area (TPSA) is 74.5 Å². The number of anilines is 1. The van der Waals surface area contributed by atoms with E-state index in [4.69, 9.17) is 0 Å². The minimum Gasteiger partial charge on any atom is -0.378 e. The van der Waals surface area contributed by atoms with Gasteiger partial charge in [0.2, 0.25) is 0 Å². The van der Waals surface area contributed by atoms with E-state index in [-0.39, 0.29) is 4.90 Å². The second-order valence-corrected chi connectivity index (χ2v) is 6.55. The third kappa shape index (κ3) is 4.53. The molecule has 23 heavy (non-hydrogen) atoms. The van der Waals surface area contributed by atoms with Crippen LogP contribution in [0.1, 0.15) is 0 Å². The van der Waals surface area contributed by atoms with E-state index in [1.54, 1.807) is 12.1 Å². The molecule has 0 radical (unpaired) electrons. The van der Waals surface area contributed by atoms with E-state index >= 15 is 0 Å². The number of thiocarbonyl (C=S) groups is 1. The Hall–Kier alpha value is -2.41. The van der Waals surface area contributed by atoms with Crippen LogP contribution in [0.2, 0.25) is 0 Å². The molecule has 0 aliphatic heterocycles. The predicted molar refractivity (Wildman–Crippen MR) is 93.6 cm³/mol. The average molecular weight is 346 g/mol. The van der Waals surface area contributed by atoms with Crippen LogP contribution in [0.15, 0.2) is 68.1 Å². The number of hydrogen-bond acceptors (Lipinski definition) is 6. The molecule has 2 aromatic rings. The van der Waals surface area contributed by atoms with E-state index in [1.807, 2.05) is 48.4 Å². The van der Waals surface area contributed by atoms with Crippen LogP contribution in [-0.2, 0) is 10.0 Å². The smallest absolute Gasteiger partial charge is 0.290 e. The van der Waals surface area contributed by atoms with Gasteiger partial charge in [-0.1, -0.05) is 0 Å². The van der Waals surface area contributed by atoms with E-state index in [1.165, 1.54) is 12.1 Å². The fourth-order valence-electron chi connectivity index (χ4n) is 1.72. The van der Waals surface area contributed by atoms with E-state index in [9.17, 15) is 8.42 Å². The summed E-state index contributed by atoms with van der Waals surface area (Å²) in [7, 11) is 0.142. The first-order chi connectivity index (χ1) is 10.9. The quantitative estimate of drug-likeness (QED) is 0.466. The van der Waals surface area contributed by atoms with Crippen molar-refractivity contribution in [1.29, 1.82) is 0 Å². The Kier molecular flexibility index (Phi) is 5.33. The lowest BCUT2D eigenvalue weighted by atomic mass is 10.3. The van der Waals surface area contributed by atoms with Crippen molar-refractivity contribution >= 4 is 44.5 Å². The maximum atomic E-state index is 11.7. The first-order valence-electron chi connectivity index (χ1n) is 6.56. The van der Waals surface area contributed by atoms with Gasteiger partial charge in [-0.05, 0) is 60.7 Å². The van der Waals surface area contributed by atoms with Crippen LogP contribution in [0.25, 0.3) is 0 Å². The van der Waals surface area contributed by atoms with Crippen LogP contribution in [0.4, 0.5) is 17.1 Å². The van der Waals surface area contributed by atoms with Crippen molar-refractivity contribution < 1.29 is 8.42 Å². The molecule has 0 bridgehead atoms. The zero-order valence-corrected chi connectivity index (χ0v) is 14.2. The van der Waals surface area contributed by atoms with Crippen molar-refractivity contribution in [3.05, 3.63) is 48.5 Å². The minimum absolute atomic E-state index is 0.0316. The molecule has 8 heteroatoms. The molecular formula is C15H14N4O2S2. The Labute approximate surface area is 140 Å². The Morgan fingerprint density at radius 3 is 1.83 bits per heavy atom. The zero-order valence-electron chi connectivity index (χ0n) is 12.5. The SMILES string of the molecule is CN(C)c1ccc(N=Nc2ccc(S(=O)(=O)N=C=S)cc2)cc1. The van der Waals surface area contributed by atoms with Gasteiger partial charge in [0.1, 0.15) is 0 Å². The Morgan fingerprint density at radius 1 is 0.913 bits per heavy atom. The summed E-state index contributed by atoms with van der Waals surface area (Å²) < 4.78 is 26.5. The van der Waals surface area contributed by atoms with Gasteiger partial charge in [0.15, 0.2) is 0 Å². The van der Waals surface area contributed by atoms with Gasteiger partial charge in [-0.2, -0.15) is 18.6 Å². The highest BCUT2D eigenvalue weighted by Gasteiger charge is 2.11. The monoisotopic (exact) mass is 346 g/mol. The van der Waals surface area contributed by atoms with Gasteiger partial charge < -0.3 is 4.90 Å². The summed E-state index contributed by atoms with van der Waals surface area (Å²) in [4.78, 5) is 2.02. The highest BCUT2D eigenvalue weighted by molar-refractivity contribution is 7.91. The van der Waals surface area contributed by atoms with Crippen LogP contribution >= 0.6 is 12.2 Å². The summed E-state index contributed by atoms with van der Waals surface area (Å²) in [5.74, 6) is 0. The van der Waals surface area contributed by atoms with Crippen molar-refractivity contribution in [3.63, 3.8) is 0 Å². The minimum atomic E-state index is -3.77. The van der Waals surface area contributed by atoms with Gasteiger partial charge in [-0.25, -0.2) is 0 Å². The molecule has 0 saturated carbocycles. The van der Waals surface area contributed by atoms with E-state index in [0.717, 1.165) is 5.69 Å². The van der Waals surface area contributed by atoms with Gasteiger partial charge >= 0.3 is 0 Å². The molecule has 118 valence electrons. The van der Waals surface area contributed by atoms with Crippen molar-refractivity contribution in [2.24, 2.45) is 14.6 Å². The van der Waals surface area contributed by atoms with Gasteiger partial charge in [-0.15, -0.1) is 4.40 Å². The fraction of sp³-hybridized carbons (Fsp3) is 0.133. The third-order valence-electron chi connectivity index (χ3n) is 2.94. The van der Waals surface area contributed by atoms with E-state index in [0.29, 0.717) is 11.4 Å². The number of rotatable bonds is 5. The average Bonchev–Trinajstić information content (AvgIpc) is 2.53. The van der Waals surface area contributed by atoms with Crippen LogP contribution in [0, 0.1) is 0 Å². The largest absolute Gasteiger partial charge is 0.378 e. The Morgan fingerprint density at radius 2 is 1.39 bits per heavy atom. The first-order valence-corrected chi connectivity index (χ1v) is 8.40. The molecule has 0 amide bonds. The summed E-state index contributed by atoms with van der Waals surface area (Å²) >= 11 is 4.31. The molecule has 0 unspecified atom stereocenters. The molecule has 0 aliphatic rings. The molecule has 2 rings (SSSR count). The molecule has 0 saturated heterocycles. The van der Waals surface area contributed by atoms with E-state index < -0.39 is 10.0 Å². The lowest BCUT2D eigenvalue weighted by Crippen LogP contribution is -2.07. The molecule has 0 heterocycles. The second kappa shape index (κ2) is 7.23. The molecule has 6 nitrogen and oxygen atoms in total. The standard InChI is InChI=1S/C15H14N4O2S2/c1-19(2)14-7-3-12(4-8-14)17-18-13-5-9-15(10-6-13)23(20,21)16-11-22/h3-10H,1-2H3. The summed E-state index contributed by atoms with van der Waals surface area (Å²) in [6.07, 6.45) is 0. The summed E-state index contributed by atoms with van der Waals surface area (Å²) in [5, 5.41) is 10.0. The predicted octanol–water partition coefficient (Wildman–Crippen LogP) is 3.96. The van der Waals surface area contributed by atoms with Gasteiger partial charge in [0, 0.05) is 19.8 Å². The van der Waals surface area contributed by atoms with Crippen LogP contribution in [0.5, 0.6) is 0 Å². The maximum Gasteiger partial charge on any atom is 0.290 e. The molecular weight excluding hydrogens is 332 g/mol. The number of hydrogen-bond donors (Lipinski definition) is 0. The normalized spacial score (nSPS) is 11.2. The Bertz CT molecular complexity index is 851. The lowest BCUT2D eigenvalue weighted by molar-refractivity contribution is 0.598. The van der Waals surface area contributed by atoms with Gasteiger partial charge in [-0.3, -0.25) is 0 Å². The Balaban J connectivity index is 2.16. The molecule has 0 aliphatic carbocycles. The molecule has 0 fully saturated rings. The number of isothiocyanates is 1. The summed E-state index contributed by atoms with van der Waals surface area (Å²) in [6.45, 7) is 0. The molecule has 2 aromatic carbocycles. The lowest BCUT2D eigenvalue weighted by Gasteiger charge is -2.11. The highest BCUT2D eigenvalue weighted by Crippen LogP contribution is 2.22. The third-order valence-corrected chi connectivity index (χ3v) is 4.35. The molecule has 0 spiro atoms. The van der Waals surface area contributed by atoms with Crippen molar-refractivity contribution in [2.45, 2.75) is 4.90 Å². The fourth-order valence-corrected chi connectivity index (χ4v) is 2.70. The van der Waals surface area contributed by atoms with Gasteiger partial charge in [0.25, 0.3) is 10.0 Å². The zero-order chi connectivity index (χ0) is 16.9. The number of sulfonamides is 1. The van der Waals surface area contributed by atoms with Crippen molar-refractivity contribution in [1.82, 2.24) is 0 Å². The molecule has 0 N–H and O–H groups in total. The number of azo groups is 1. The van der Waals surface area contributed by atoms with Gasteiger partial charge in [0.05, 0.1) is 21.4 Å². The van der Waals surface area contributed by atoms with Crippen molar-refractivity contribution in [2.75, 3.05) is 19.0 Å². The molecule has 0 atom stereocenters. The molecule has 0 aromatic heterocycles. The van der Waals surface area contributed by atoms with E-state index in [2.05, 4.69) is 26.8 Å². The summed E-state index contributed by atoms with van der Waals surface area (Å²) in [5.41, 5.74) is 2.31. The van der Waals surface area contributed by atoms with Crippen LogP contribution < -0.4 is 4.90 Å². The number of nitrogens with zero attached hydrogens (tertiary/aromatic N) is 4. The maximum absolute atomic E-state index is 11.7. The number of benzene rings is 2. The summed E-state index contributed by atoms with van der Waals surface area (Å²) in [6, 6.07) is 13.5. The first kappa shape index (κ1) is 17.0. The second-order valence-electron chi connectivity index (χ2n) is 4.76. The highest BCUT2D eigenvalue weighted by atomic mass is 32.2.